The second-order valence-electron chi connectivity index (χ2n) is 6.02. The van der Waals surface area contributed by atoms with E-state index >= 15 is 0 Å². The van der Waals surface area contributed by atoms with E-state index in [1.165, 1.54) is 5.56 Å². The third-order valence-corrected chi connectivity index (χ3v) is 4.79. The van der Waals surface area contributed by atoms with Crippen molar-refractivity contribution in [2.24, 2.45) is 0 Å². The minimum absolute atomic E-state index is 0.138. The zero-order valence-electron chi connectivity index (χ0n) is 13.5. The van der Waals surface area contributed by atoms with E-state index in [-0.39, 0.29) is 6.04 Å². The molecule has 0 radical (unpaired) electrons. The van der Waals surface area contributed by atoms with Crippen molar-refractivity contribution in [1.82, 2.24) is 15.0 Å². The lowest BCUT2D eigenvalue weighted by molar-refractivity contribution is 0.136. The molecule has 2 aromatic rings. The molecule has 0 saturated carbocycles. The van der Waals surface area contributed by atoms with Crippen molar-refractivity contribution < 1.29 is 9.26 Å². The van der Waals surface area contributed by atoms with E-state index < -0.39 is 0 Å². The van der Waals surface area contributed by atoms with Crippen LogP contribution in [-0.2, 0) is 11.3 Å². The number of piperidine rings is 1. The first-order chi connectivity index (χ1) is 11.2. The van der Waals surface area contributed by atoms with Crippen molar-refractivity contribution in [3.05, 3.63) is 46.6 Å². The molecule has 0 amide bonds. The van der Waals surface area contributed by atoms with Gasteiger partial charge >= 0.3 is 0 Å². The Morgan fingerprint density at radius 3 is 2.65 bits per heavy atom. The Bertz CT molecular complexity index is 621. The number of benzene rings is 1. The first-order valence-electron chi connectivity index (χ1n) is 7.98. The van der Waals surface area contributed by atoms with Crippen LogP contribution in [0, 0.1) is 0 Å². The molecule has 1 fully saturated rings. The van der Waals surface area contributed by atoms with E-state index in [4.69, 9.17) is 20.9 Å². The van der Waals surface area contributed by atoms with Gasteiger partial charge in [0.15, 0.2) is 5.82 Å². The van der Waals surface area contributed by atoms with E-state index in [9.17, 15) is 0 Å². The fraction of sp³-hybridized carbons (Fsp3) is 0.529. The average molecular weight is 336 g/mol. The molecule has 23 heavy (non-hydrogen) atoms. The number of hydrogen-bond acceptors (Lipinski definition) is 5. The quantitative estimate of drug-likeness (QED) is 0.831. The standard InChI is InChI=1S/C17H22ClN3O2/c1-12(17-19-16(11-22-2)20-23-17)21-9-7-14(8-10-21)13-3-5-15(18)6-4-13/h3-6,12,14H,7-11H2,1-2H3/t12-/m1/s1. The number of halogens is 1. The lowest BCUT2D eigenvalue weighted by atomic mass is 9.89. The Morgan fingerprint density at radius 2 is 2.00 bits per heavy atom. The maximum atomic E-state index is 5.97. The highest BCUT2D eigenvalue weighted by Gasteiger charge is 2.27. The predicted molar refractivity (Wildman–Crippen MR) is 88.4 cm³/mol. The van der Waals surface area contributed by atoms with Gasteiger partial charge in [0, 0.05) is 12.1 Å². The van der Waals surface area contributed by atoms with Crippen molar-refractivity contribution in [1.29, 1.82) is 0 Å². The highest BCUT2D eigenvalue weighted by atomic mass is 35.5. The number of methoxy groups -OCH3 is 1. The first-order valence-corrected chi connectivity index (χ1v) is 8.36. The predicted octanol–water partition coefficient (Wildman–Crippen LogP) is 3.81. The number of nitrogens with zero attached hydrogens (tertiary/aromatic N) is 3. The van der Waals surface area contributed by atoms with Crippen LogP contribution in [0.2, 0.25) is 5.02 Å². The zero-order chi connectivity index (χ0) is 16.2. The Labute approximate surface area is 141 Å². The Balaban J connectivity index is 1.58. The molecular weight excluding hydrogens is 314 g/mol. The molecule has 1 atom stereocenters. The molecule has 1 aromatic carbocycles. The molecule has 0 bridgehead atoms. The zero-order valence-corrected chi connectivity index (χ0v) is 14.3. The van der Waals surface area contributed by atoms with Gasteiger partial charge in [-0.2, -0.15) is 4.98 Å². The second kappa shape index (κ2) is 7.43. The summed E-state index contributed by atoms with van der Waals surface area (Å²) in [6.07, 6.45) is 2.26. The van der Waals surface area contributed by atoms with Crippen molar-refractivity contribution in [2.75, 3.05) is 20.2 Å². The maximum absolute atomic E-state index is 5.97. The van der Waals surface area contributed by atoms with E-state index in [0.717, 1.165) is 31.0 Å². The van der Waals surface area contributed by atoms with Crippen LogP contribution < -0.4 is 0 Å². The number of ether oxygens (including phenoxy) is 1. The minimum Gasteiger partial charge on any atom is -0.377 e. The third kappa shape index (κ3) is 3.91. The Kier molecular flexibility index (Phi) is 5.30. The lowest BCUT2D eigenvalue weighted by Gasteiger charge is -2.34. The normalized spacial score (nSPS) is 18.2. The molecule has 3 rings (SSSR count). The van der Waals surface area contributed by atoms with Gasteiger partial charge < -0.3 is 9.26 Å². The lowest BCUT2D eigenvalue weighted by Crippen LogP contribution is -2.35. The van der Waals surface area contributed by atoms with Crippen molar-refractivity contribution in [3.63, 3.8) is 0 Å². The van der Waals surface area contributed by atoms with Crippen LogP contribution >= 0.6 is 11.6 Å². The topological polar surface area (TPSA) is 51.4 Å². The van der Waals surface area contributed by atoms with Crippen LogP contribution in [0.3, 0.4) is 0 Å². The molecular formula is C17H22ClN3O2. The van der Waals surface area contributed by atoms with Gasteiger partial charge in [0.05, 0.1) is 6.04 Å². The average Bonchev–Trinajstić information content (AvgIpc) is 3.04. The summed E-state index contributed by atoms with van der Waals surface area (Å²) in [5, 5.41) is 4.74. The smallest absolute Gasteiger partial charge is 0.243 e. The number of hydrogen-bond donors (Lipinski definition) is 0. The summed E-state index contributed by atoms with van der Waals surface area (Å²) in [4.78, 5) is 6.80. The van der Waals surface area contributed by atoms with Crippen molar-refractivity contribution in [3.8, 4) is 0 Å². The van der Waals surface area contributed by atoms with E-state index in [1.54, 1.807) is 7.11 Å². The molecule has 124 valence electrons. The Morgan fingerprint density at radius 1 is 1.30 bits per heavy atom. The van der Waals surface area contributed by atoms with Crippen LogP contribution in [0.4, 0.5) is 0 Å². The second-order valence-corrected chi connectivity index (χ2v) is 6.46. The highest BCUT2D eigenvalue weighted by molar-refractivity contribution is 6.30. The van der Waals surface area contributed by atoms with Gasteiger partial charge in [-0.15, -0.1) is 0 Å². The van der Waals surface area contributed by atoms with Gasteiger partial charge in [-0.1, -0.05) is 28.9 Å². The maximum Gasteiger partial charge on any atom is 0.243 e. The van der Waals surface area contributed by atoms with E-state index in [0.29, 0.717) is 24.2 Å². The molecule has 0 aliphatic carbocycles. The molecule has 1 aliphatic heterocycles. The summed E-state index contributed by atoms with van der Waals surface area (Å²) < 4.78 is 10.4. The van der Waals surface area contributed by atoms with Gasteiger partial charge in [0.25, 0.3) is 0 Å². The summed E-state index contributed by atoms with van der Waals surface area (Å²) in [5.41, 5.74) is 1.38. The summed E-state index contributed by atoms with van der Waals surface area (Å²) >= 11 is 5.97. The summed E-state index contributed by atoms with van der Waals surface area (Å²) in [6.45, 7) is 4.55. The van der Waals surface area contributed by atoms with Crippen LogP contribution in [0.25, 0.3) is 0 Å². The molecule has 2 heterocycles. The molecule has 0 spiro atoms. The molecule has 6 heteroatoms. The highest BCUT2D eigenvalue weighted by Crippen LogP contribution is 2.32. The fourth-order valence-corrected chi connectivity index (χ4v) is 3.26. The molecule has 1 saturated heterocycles. The van der Waals surface area contributed by atoms with Gasteiger partial charge in [-0.25, -0.2) is 0 Å². The van der Waals surface area contributed by atoms with Crippen molar-refractivity contribution in [2.45, 2.75) is 38.3 Å². The number of aromatic nitrogens is 2. The molecule has 1 aliphatic rings. The largest absolute Gasteiger partial charge is 0.377 e. The molecule has 0 N–H and O–H groups in total. The monoisotopic (exact) mass is 335 g/mol. The fourth-order valence-electron chi connectivity index (χ4n) is 3.14. The summed E-state index contributed by atoms with van der Waals surface area (Å²) in [5.74, 6) is 1.87. The van der Waals surface area contributed by atoms with Gasteiger partial charge in [0.1, 0.15) is 6.61 Å². The SMILES string of the molecule is COCc1noc([C@@H](C)N2CCC(c3ccc(Cl)cc3)CC2)n1. The summed E-state index contributed by atoms with van der Waals surface area (Å²) in [6, 6.07) is 8.37. The molecule has 0 unspecified atom stereocenters. The van der Waals surface area contributed by atoms with Crippen LogP contribution in [0.5, 0.6) is 0 Å². The van der Waals surface area contributed by atoms with Crippen LogP contribution in [0.15, 0.2) is 28.8 Å². The van der Waals surface area contributed by atoms with Crippen LogP contribution in [-0.4, -0.2) is 35.2 Å². The number of rotatable bonds is 5. The Hall–Kier alpha value is -1.43. The van der Waals surface area contributed by atoms with Crippen LogP contribution in [0.1, 0.15) is 49.0 Å². The first kappa shape index (κ1) is 16.4. The molecule has 5 nitrogen and oxygen atoms in total. The summed E-state index contributed by atoms with van der Waals surface area (Å²) in [7, 11) is 1.63. The van der Waals surface area contributed by atoms with E-state index in [2.05, 4.69) is 34.1 Å². The third-order valence-electron chi connectivity index (χ3n) is 4.53. The molecule has 1 aromatic heterocycles. The van der Waals surface area contributed by atoms with Crippen molar-refractivity contribution >= 4 is 11.6 Å². The minimum atomic E-state index is 0.138. The number of likely N-dealkylation sites (tertiary alicyclic amines) is 1. The van der Waals surface area contributed by atoms with E-state index in [1.807, 2.05) is 12.1 Å². The van der Waals surface area contributed by atoms with Gasteiger partial charge in [-0.05, 0) is 56.5 Å². The van der Waals surface area contributed by atoms with Gasteiger partial charge in [-0.3, -0.25) is 4.90 Å². The van der Waals surface area contributed by atoms with Gasteiger partial charge in [0.2, 0.25) is 5.89 Å².